The molecular formula is C16H16N4O2. The van der Waals surface area contributed by atoms with Crippen LogP contribution in [0.2, 0.25) is 0 Å². The highest BCUT2D eigenvalue weighted by atomic mass is 16.5. The number of rotatable bonds is 4. The zero-order valence-corrected chi connectivity index (χ0v) is 12.4. The predicted molar refractivity (Wildman–Crippen MR) is 83.4 cm³/mol. The molecule has 112 valence electrons. The molecule has 6 heteroatoms. The Morgan fingerprint density at radius 3 is 2.73 bits per heavy atom. The summed E-state index contributed by atoms with van der Waals surface area (Å²) in [6, 6.07) is 11.7. The molecule has 0 atom stereocenters. The fourth-order valence-electron chi connectivity index (χ4n) is 2.42. The van der Waals surface area contributed by atoms with Crippen LogP contribution in [0.5, 0.6) is 5.88 Å². The molecule has 2 N–H and O–H groups in total. The number of primary amides is 1. The van der Waals surface area contributed by atoms with E-state index in [1.54, 1.807) is 10.7 Å². The van der Waals surface area contributed by atoms with Gasteiger partial charge in [0.2, 0.25) is 5.88 Å². The van der Waals surface area contributed by atoms with Crippen molar-refractivity contribution in [3.05, 3.63) is 42.0 Å². The van der Waals surface area contributed by atoms with E-state index < -0.39 is 5.91 Å². The van der Waals surface area contributed by atoms with E-state index in [-0.39, 0.29) is 6.61 Å². The molecule has 0 radical (unpaired) electrons. The number of ether oxygens (including phenoxy) is 1. The second kappa shape index (κ2) is 5.48. The summed E-state index contributed by atoms with van der Waals surface area (Å²) in [5.41, 5.74) is 8.69. The number of benzene rings is 1. The Bertz CT molecular complexity index is 840. The Morgan fingerprint density at radius 2 is 2.05 bits per heavy atom. The van der Waals surface area contributed by atoms with Crippen molar-refractivity contribution < 1.29 is 9.53 Å². The first kappa shape index (κ1) is 14.1. The van der Waals surface area contributed by atoms with Gasteiger partial charge in [-0.1, -0.05) is 30.3 Å². The molecule has 22 heavy (non-hydrogen) atoms. The summed E-state index contributed by atoms with van der Waals surface area (Å²) in [5.74, 6) is -0.166. The van der Waals surface area contributed by atoms with E-state index in [0.29, 0.717) is 11.5 Å². The molecule has 0 saturated carbocycles. The van der Waals surface area contributed by atoms with Crippen LogP contribution in [0.25, 0.3) is 22.3 Å². The minimum Gasteiger partial charge on any atom is -0.468 e. The first-order valence-electron chi connectivity index (χ1n) is 6.87. The van der Waals surface area contributed by atoms with E-state index in [9.17, 15) is 4.79 Å². The second-order valence-electron chi connectivity index (χ2n) is 5.07. The van der Waals surface area contributed by atoms with E-state index in [4.69, 9.17) is 10.5 Å². The third kappa shape index (κ3) is 2.50. The van der Waals surface area contributed by atoms with Gasteiger partial charge >= 0.3 is 0 Å². The minimum absolute atomic E-state index is 0.193. The zero-order valence-electron chi connectivity index (χ0n) is 12.4. The van der Waals surface area contributed by atoms with Crippen LogP contribution in [0.4, 0.5) is 0 Å². The summed E-state index contributed by atoms with van der Waals surface area (Å²) in [6.45, 7) is 1.77. The van der Waals surface area contributed by atoms with Crippen LogP contribution in [0.15, 0.2) is 36.4 Å². The van der Waals surface area contributed by atoms with Gasteiger partial charge in [-0.2, -0.15) is 10.1 Å². The van der Waals surface area contributed by atoms with Crippen molar-refractivity contribution in [2.24, 2.45) is 12.8 Å². The number of hydrogen-bond acceptors (Lipinski definition) is 4. The quantitative estimate of drug-likeness (QED) is 0.796. The molecule has 0 aliphatic heterocycles. The van der Waals surface area contributed by atoms with E-state index in [2.05, 4.69) is 10.1 Å². The highest BCUT2D eigenvalue weighted by Gasteiger charge is 2.15. The number of pyridine rings is 1. The molecule has 3 rings (SSSR count). The monoisotopic (exact) mass is 296 g/mol. The first-order chi connectivity index (χ1) is 10.6. The number of aromatic nitrogens is 3. The smallest absolute Gasteiger partial charge is 0.255 e. The van der Waals surface area contributed by atoms with Gasteiger partial charge in [0.05, 0.1) is 5.39 Å². The Morgan fingerprint density at radius 1 is 1.32 bits per heavy atom. The van der Waals surface area contributed by atoms with Gasteiger partial charge in [0.25, 0.3) is 5.91 Å². The van der Waals surface area contributed by atoms with Crippen molar-refractivity contribution in [1.82, 2.24) is 14.8 Å². The highest BCUT2D eigenvalue weighted by molar-refractivity contribution is 5.94. The lowest BCUT2D eigenvalue weighted by atomic mass is 10.1. The Hall–Kier alpha value is -2.89. The van der Waals surface area contributed by atoms with Crippen LogP contribution in [0.1, 0.15) is 5.56 Å². The number of nitrogens with two attached hydrogens (primary N) is 1. The maximum absolute atomic E-state index is 10.8. The molecule has 0 fully saturated rings. The van der Waals surface area contributed by atoms with E-state index >= 15 is 0 Å². The van der Waals surface area contributed by atoms with Crippen LogP contribution in [0, 0.1) is 6.92 Å². The van der Waals surface area contributed by atoms with E-state index in [1.165, 1.54) is 0 Å². The summed E-state index contributed by atoms with van der Waals surface area (Å²) < 4.78 is 7.01. The van der Waals surface area contributed by atoms with E-state index in [0.717, 1.165) is 22.2 Å². The molecule has 0 aliphatic rings. The largest absolute Gasteiger partial charge is 0.468 e. The third-order valence-corrected chi connectivity index (χ3v) is 3.38. The van der Waals surface area contributed by atoms with Crippen molar-refractivity contribution in [3.8, 4) is 17.1 Å². The van der Waals surface area contributed by atoms with Crippen LogP contribution in [0.3, 0.4) is 0 Å². The lowest BCUT2D eigenvalue weighted by Gasteiger charge is -2.06. The maximum Gasteiger partial charge on any atom is 0.255 e. The van der Waals surface area contributed by atoms with Crippen molar-refractivity contribution in [2.75, 3.05) is 6.61 Å². The number of nitrogens with zero attached hydrogens (tertiary/aromatic N) is 3. The molecule has 2 heterocycles. The summed E-state index contributed by atoms with van der Waals surface area (Å²) in [6.07, 6.45) is 0. The predicted octanol–water partition coefficient (Wildman–Crippen LogP) is 1.81. The number of carbonyl (C=O) groups excluding carboxylic acids is 1. The van der Waals surface area contributed by atoms with Gasteiger partial charge in [-0.3, -0.25) is 4.79 Å². The second-order valence-corrected chi connectivity index (χ2v) is 5.07. The molecule has 0 bridgehead atoms. The van der Waals surface area contributed by atoms with Gasteiger partial charge < -0.3 is 10.5 Å². The Balaban J connectivity index is 2.13. The third-order valence-electron chi connectivity index (χ3n) is 3.38. The molecule has 0 unspecified atom stereocenters. The van der Waals surface area contributed by atoms with Crippen molar-refractivity contribution in [1.29, 1.82) is 0 Å². The summed E-state index contributed by atoms with van der Waals surface area (Å²) >= 11 is 0. The lowest BCUT2D eigenvalue weighted by molar-refractivity contribution is -0.120. The number of amides is 1. The first-order valence-corrected chi connectivity index (χ1v) is 6.87. The maximum atomic E-state index is 10.8. The van der Waals surface area contributed by atoms with Gasteiger partial charge in [0, 0.05) is 18.7 Å². The van der Waals surface area contributed by atoms with Crippen LogP contribution in [-0.4, -0.2) is 27.3 Å². The van der Waals surface area contributed by atoms with Gasteiger partial charge in [0.1, 0.15) is 5.69 Å². The molecule has 0 aliphatic carbocycles. The average Bonchev–Trinajstić information content (AvgIpc) is 2.84. The van der Waals surface area contributed by atoms with Crippen molar-refractivity contribution in [3.63, 3.8) is 0 Å². The standard InChI is InChI=1S/C16H16N4O2/c1-10-8-13(22-9-12(17)21)18-16-14(10)15(19-20(16)2)11-6-4-3-5-7-11/h3-8H,9H2,1-2H3,(H2,17,21). The van der Waals surface area contributed by atoms with Gasteiger partial charge in [-0.05, 0) is 12.5 Å². The minimum atomic E-state index is -0.533. The average molecular weight is 296 g/mol. The number of fused-ring (bicyclic) bond motifs is 1. The molecule has 6 nitrogen and oxygen atoms in total. The number of carbonyl (C=O) groups is 1. The number of hydrogen-bond donors (Lipinski definition) is 1. The fourth-order valence-corrected chi connectivity index (χ4v) is 2.42. The Labute approximate surface area is 127 Å². The van der Waals surface area contributed by atoms with Crippen LogP contribution < -0.4 is 10.5 Å². The Kier molecular flexibility index (Phi) is 3.50. The van der Waals surface area contributed by atoms with Crippen molar-refractivity contribution in [2.45, 2.75) is 6.92 Å². The van der Waals surface area contributed by atoms with E-state index in [1.807, 2.05) is 44.3 Å². The summed E-state index contributed by atoms with van der Waals surface area (Å²) in [4.78, 5) is 15.3. The fraction of sp³-hybridized carbons (Fsp3) is 0.188. The molecule has 0 spiro atoms. The SMILES string of the molecule is Cc1cc(OCC(N)=O)nc2c1c(-c1ccccc1)nn2C. The molecule has 3 aromatic rings. The van der Waals surface area contributed by atoms with Crippen molar-refractivity contribution >= 4 is 16.9 Å². The zero-order chi connectivity index (χ0) is 15.7. The molecular weight excluding hydrogens is 280 g/mol. The highest BCUT2D eigenvalue weighted by Crippen LogP contribution is 2.30. The van der Waals surface area contributed by atoms with Gasteiger partial charge in [-0.25, -0.2) is 4.68 Å². The molecule has 0 saturated heterocycles. The normalized spacial score (nSPS) is 10.8. The summed E-state index contributed by atoms with van der Waals surface area (Å²) in [7, 11) is 1.83. The molecule has 1 amide bonds. The lowest BCUT2D eigenvalue weighted by Crippen LogP contribution is -2.20. The molecule has 2 aromatic heterocycles. The van der Waals surface area contributed by atoms with Crippen LogP contribution in [-0.2, 0) is 11.8 Å². The van der Waals surface area contributed by atoms with Gasteiger partial charge in [-0.15, -0.1) is 0 Å². The molecule has 1 aromatic carbocycles. The van der Waals surface area contributed by atoms with Gasteiger partial charge in [0.15, 0.2) is 12.3 Å². The summed E-state index contributed by atoms with van der Waals surface area (Å²) in [5, 5.41) is 5.54. The number of aryl methyl sites for hydroxylation is 2. The van der Waals surface area contributed by atoms with Crippen LogP contribution >= 0.6 is 0 Å². The topological polar surface area (TPSA) is 83.0 Å².